The number of fused-ring (bicyclic) bond motifs is 2. The van der Waals surface area contributed by atoms with Gasteiger partial charge in [-0.15, -0.1) is 0 Å². The average molecular weight is 455 g/mol. The van der Waals surface area contributed by atoms with Crippen molar-refractivity contribution < 1.29 is 9.47 Å². The third-order valence-corrected chi connectivity index (χ3v) is 10.4. The summed E-state index contributed by atoms with van der Waals surface area (Å²) in [4.78, 5) is 0. The van der Waals surface area contributed by atoms with Crippen LogP contribution in [0.5, 0.6) is 0 Å². The molecular weight excluding hydrogens is 416 g/mol. The number of benzene rings is 2. The molecule has 2 aromatic carbocycles. The highest BCUT2D eigenvalue weighted by atomic mass is 16.5. The molecule has 2 heterocycles. The molecule has 2 heteroatoms. The van der Waals surface area contributed by atoms with Crippen LogP contribution in [-0.4, -0.2) is 23.9 Å². The average Bonchev–Trinajstić information content (AvgIpc) is 3.37. The molecule has 1 saturated heterocycles. The maximum Gasteiger partial charge on any atom is 0.0974 e. The Bertz CT molecular complexity index is 1190. The standard InChI is InChI=1S/C32H38O2/c1-3-18-33-27-11-10-25-20-26-14-15-30(2)28(24-9-8-22-6-4-5-7-23(22)19-24)12-13-29(30)32(26)17-16-31(25,21-27)34-32/h4-9,14,19-20,27-29H,3,10-13,15-18,21H2,1-2H3/t27-,28+,29+,30+,31+,32?/m0/s1. The zero-order valence-electron chi connectivity index (χ0n) is 20.8. The Morgan fingerprint density at radius 2 is 1.91 bits per heavy atom. The summed E-state index contributed by atoms with van der Waals surface area (Å²) < 4.78 is 13.7. The van der Waals surface area contributed by atoms with E-state index in [1.807, 2.05) is 0 Å². The second kappa shape index (κ2) is 7.55. The highest BCUT2D eigenvalue weighted by molar-refractivity contribution is 5.83. The molecule has 3 fully saturated rings. The van der Waals surface area contributed by atoms with Crippen molar-refractivity contribution in [2.24, 2.45) is 11.3 Å². The van der Waals surface area contributed by atoms with E-state index in [1.54, 1.807) is 5.57 Å². The van der Waals surface area contributed by atoms with Gasteiger partial charge in [0.05, 0.1) is 17.3 Å². The van der Waals surface area contributed by atoms with Gasteiger partial charge in [-0.3, -0.25) is 0 Å². The molecule has 2 saturated carbocycles. The molecule has 0 radical (unpaired) electrons. The summed E-state index contributed by atoms with van der Waals surface area (Å²) >= 11 is 0. The van der Waals surface area contributed by atoms with Gasteiger partial charge in [0.1, 0.15) is 0 Å². The van der Waals surface area contributed by atoms with Crippen molar-refractivity contribution in [1.82, 2.24) is 0 Å². The fraction of sp³-hybridized carbons (Fsp3) is 0.562. The molecule has 2 spiro atoms. The molecule has 1 unspecified atom stereocenters. The van der Waals surface area contributed by atoms with E-state index in [9.17, 15) is 0 Å². The second-order valence-electron chi connectivity index (χ2n) is 12.0. The van der Waals surface area contributed by atoms with Crippen molar-refractivity contribution >= 4 is 10.8 Å². The van der Waals surface area contributed by atoms with Gasteiger partial charge in [-0.1, -0.05) is 68.5 Å². The first kappa shape index (κ1) is 21.4. The van der Waals surface area contributed by atoms with Gasteiger partial charge in [-0.2, -0.15) is 0 Å². The van der Waals surface area contributed by atoms with E-state index in [1.165, 1.54) is 54.0 Å². The fourth-order valence-corrected chi connectivity index (χ4v) is 8.76. The minimum Gasteiger partial charge on any atom is -0.378 e. The Morgan fingerprint density at radius 3 is 2.79 bits per heavy atom. The third kappa shape index (κ3) is 2.88. The molecule has 7 rings (SSSR count). The van der Waals surface area contributed by atoms with Crippen molar-refractivity contribution in [1.29, 1.82) is 0 Å². The minimum absolute atomic E-state index is 0.0622. The highest BCUT2D eigenvalue weighted by Gasteiger charge is 2.66. The number of allylic oxidation sites excluding steroid dienone is 1. The van der Waals surface area contributed by atoms with Gasteiger partial charge in [0, 0.05) is 13.0 Å². The maximum atomic E-state index is 7.41. The van der Waals surface area contributed by atoms with Crippen LogP contribution in [0.15, 0.2) is 65.8 Å². The SMILES string of the molecule is CCCO[C@H]1CCC2=CC3=CC[C@]4(C)[C@@H](c5ccc6ccccc6c5)CC[C@H]4C34CC[C@]2(C1)O4. The summed E-state index contributed by atoms with van der Waals surface area (Å²) in [5, 5.41) is 2.72. The van der Waals surface area contributed by atoms with E-state index < -0.39 is 0 Å². The van der Waals surface area contributed by atoms with Crippen LogP contribution in [0.1, 0.15) is 83.1 Å². The molecule has 34 heavy (non-hydrogen) atoms. The van der Waals surface area contributed by atoms with Crippen LogP contribution >= 0.6 is 0 Å². The lowest BCUT2D eigenvalue weighted by Gasteiger charge is -2.54. The normalized spacial score (nSPS) is 40.4. The molecule has 2 aliphatic heterocycles. The molecule has 0 N–H and O–H groups in total. The molecule has 2 aromatic rings. The van der Waals surface area contributed by atoms with Gasteiger partial charge in [-0.05, 0) is 96.1 Å². The van der Waals surface area contributed by atoms with Crippen molar-refractivity contribution in [3.05, 3.63) is 71.3 Å². The van der Waals surface area contributed by atoms with Gasteiger partial charge in [-0.25, -0.2) is 0 Å². The Hall–Kier alpha value is -1.90. The molecule has 178 valence electrons. The maximum absolute atomic E-state index is 7.41. The van der Waals surface area contributed by atoms with E-state index in [2.05, 4.69) is 68.5 Å². The predicted molar refractivity (Wildman–Crippen MR) is 138 cm³/mol. The van der Waals surface area contributed by atoms with Gasteiger partial charge in [0.2, 0.25) is 0 Å². The van der Waals surface area contributed by atoms with Crippen LogP contribution in [0.4, 0.5) is 0 Å². The van der Waals surface area contributed by atoms with Crippen LogP contribution in [0, 0.1) is 11.3 Å². The quantitative estimate of drug-likeness (QED) is 0.468. The van der Waals surface area contributed by atoms with Crippen LogP contribution in [0.3, 0.4) is 0 Å². The molecule has 2 bridgehead atoms. The summed E-state index contributed by atoms with van der Waals surface area (Å²) in [6.07, 6.45) is 16.1. The van der Waals surface area contributed by atoms with Gasteiger partial charge in [0.15, 0.2) is 0 Å². The summed E-state index contributed by atoms with van der Waals surface area (Å²) in [5.41, 5.74) is 4.74. The molecular formula is C32H38O2. The Labute approximate surface area is 204 Å². The molecule has 2 nitrogen and oxygen atoms in total. The highest BCUT2D eigenvalue weighted by Crippen LogP contribution is 2.69. The molecule has 0 amide bonds. The fourth-order valence-electron chi connectivity index (χ4n) is 8.76. The zero-order chi connectivity index (χ0) is 23.0. The van der Waals surface area contributed by atoms with Gasteiger partial charge < -0.3 is 9.47 Å². The topological polar surface area (TPSA) is 18.5 Å². The molecule has 0 aromatic heterocycles. The summed E-state index contributed by atoms with van der Waals surface area (Å²) in [6, 6.07) is 16.0. The first-order valence-electron chi connectivity index (χ1n) is 13.8. The summed E-state index contributed by atoms with van der Waals surface area (Å²) in [5.74, 6) is 1.21. The van der Waals surface area contributed by atoms with Crippen molar-refractivity contribution in [2.75, 3.05) is 6.61 Å². The van der Waals surface area contributed by atoms with Crippen LogP contribution in [-0.2, 0) is 9.47 Å². The minimum atomic E-state index is -0.0747. The van der Waals surface area contributed by atoms with E-state index in [0.29, 0.717) is 17.9 Å². The molecule has 5 aliphatic rings. The monoisotopic (exact) mass is 454 g/mol. The van der Waals surface area contributed by atoms with Crippen LogP contribution in [0.2, 0.25) is 0 Å². The third-order valence-electron chi connectivity index (χ3n) is 10.4. The van der Waals surface area contributed by atoms with E-state index in [-0.39, 0.29) is 16.6 Å². The smallest absolute Gasteiger partial charge is 0.0974 e. The van der Waals surface area contributed by atoms with Crippen molar-refractivity contribution in [2.45, 2.75) is 94.9 Å². The van der Waals surface area contributed by atoms with Crippen LogP contribution in [0.25, 0.3) is 10.8 Å². The lowest BCUT2D eigenvalue weighted by Crippen LogP contribution is -2.54. The number of hydrogen-bond acceptors (Lipinski definition) is 2. The lowest BCUT2D eigenvalue weighted by atomic mass is 9.58. The Balaban J connectivity index is 1.24. The van der Waals surface area contributed by atoms with Crippen molar-refractivity contribution in [3.63, 3.8) is 0 Å². The summed E-state index contributed by atoms with van der Waals surface area (Å²) in [6.45, 7) is 5.67. The van der Waals surface area contributed by atoms with Crippen LogP contribution < -0.4 is 0 Å². The van der Waals surface area contributed by atoms with E-state index >= 15 is 0 Å². The second-order valence-corrected chi connectivity index (χ2v) is 12.0. The first-order chi connectivity index (χ1) is 16.6. The largest absolute Gasteiger partial charge is 0.378 e. The Kier molecular flexibility index (Phi) is 4.75. The number of ether oxygens (including phenoxy) is 2. The molecule has 3 aliphatic carbocycles. The van der Waals surface area contributed by atoms with Crippen molar-refractivity contribution in [3.8, 4) is 0 Å². The van der Waals surface area contributed by atoms with Gasteiger partial charge >= 0.3 is 0 Å². The number of rotatable bonds is 4. The Morgan fingerprint density at radius 1 is 1.03 bits per heavy atom. The molecule has 6 atom stereocenters. The van der Waals surface area contributed by atoms with Gasteiger partial charge in [0.25, 0.3) is 0 Å². The summed E-state index contributed by atoms with van der Waals surface area (Å²) in [7, 11) is 0. The predicted octanol–water partition coefficient (Wildman–Crippen LogP) is 7.88. The lowest BCUT2D eigenvalue weighted by molar-refractivity contribution is -0.149. The first-order valence-corrected chi connectivity index (χ1v) is 13.8. The zero-order valence-corrected chi connectivity index (χ0v) is 20.8. The van der Waals surface area contributed by atoms with E-state index in [0.717, 1.165) is 32.3 Å². The van der Waals surface area contributed by atoms with E-state index in [4.69, 9.17) is 9.47 Å². The number of hydrogen-bond donors (Lipinski definition) is 0.